The van der Waals surface area contributed by atoms with E-state index < -0.39 is 0 Å². The Kier molecular flexibility index (Phi) is 10.7. The molecule has 5 nitrogen and oxygen atoms in total. The van der Waals surface area contributed by atoms with Crippen molar-refractivity contribution in [3.05, 3.63) is 35.9 Å². The molecular formula is C23H39IN4O. The zero-order valence-corrected chi connectivity index (χ0v) is 20.7. The van der Waals surface area contributed by atoms with Gasteiger partial charge in [-0.1, -0.05) is 37.3 Å². The summed E-state index contributed by atoms with van der Waals surface area (Å²) in [6, 6.07) is 11.0. The van der Waals surface area contributed by atoms with Gasteiger partial charge in [-0.05, 0) is 50.8 Å². The second kappa shape index (κ2) is 12.7. The fourth-order valence-corrected chi connectivity index (χ4v) is 4.25. The Bertz CT molecular complexity index is 604. The van der Waals surface area contributed by atoms with Crippen LogP contribution in [-0.2, 0) is 11.3 Å². The molecule has 2 aliphatic rings. The number of ether oxygens (including phenoxy) is 1. The summed E-state index contributed by atoms with van der Waals surface area (Å²) >= 11 is 0. The first kappa shape index (κ1) is 24.4. The minimum Gasteiger partial charge on any atom is -0.376 e. The molecule has 0 radical (unpaired) electrons. The van der Waals surface area contributed by atoms with Crippen LogP contribution in [0.1, 0.15) is 38.7 Å². The molecule has 29 heavy (non-hydrogen) atoms. The molecule has 1 N–H and O–H groups in total. The maximum Gasteiger partial charge on any atom is 0.193 e. The Morgan fingerprint density at radius 3 is 2.59 bits per heavy atom. The largest absolute Gasteiger partial charge is 0.376 e. The van der Waals surface area contributed by atoms with Gasteiger partial charge in [0.2, 0.25) is 0 Å². The molecule has 2 heterocycles. The third kappa shape index (κ3) is 7.72. The van der Waals surface area contributed by atoms with Gasteiger partial charge in [-0.3, -0.25) is 9.89 Å². The second-order valence-electron chi connectivity index (χ2n) is 8.60. The molecular weight excluding hydrogens is 475 g/mol. The summed E-state index contributed by atoms with van der Waals surface area (Å²) in [6.07, 6.45) is 3.83. The van der Waals surface area contributed by atoms with Gasteiger partial charge in [0, 0.05) is 38.6 Å². The van der Waals surface area contributed by atoms with Crippen LogP contribution >= 0.6 is 24.0 Å². The molecule has 0 aliphatic carbocycles. The summed E-state index contributed by atoms with van der Waals surface area (Å²) in [4.78, 5) is 9.54. The Morgan fingerprint density at radius 2 is 1.90 bits per heavy atom. The molecule has 0 bridgehead atoms. The molecule has 0 amide bonds. The van der Waals surface area contributed by atoms with Crippen LogP contribution in [0.15, 0.2) is 35.3 Å². The van der Waals surface area contributed by atoms with Crippen molar-refractivity contribution in [1.82, 2.24) is 15.1 Å². The van der Waals surface area contributed by atoms with Gasteiger partial charge in [-0.25, -0.2) is 0 Å². The van der Waals surface area contributed by atoms with Gasteiger partial charge < -0.3 is 15.0 Å². The van der Waals surface area contributed by atoms with Crippen LogP contribution in [0.25, 0.3) is 0 Å². The highest BCUT2D eigenvalue weighted by Gasteiger charge is 2.26. The first-order valence-electron chi connectivity index (χ1n) is 11.0. The SMILES string of the molecule is CN=C(NCC(C)N1CCC(C)CC1)N1CCC(COCc2ccccc2)C1.I. The molecule has 3 rings (SSSR count). The lowest BCUT2D eigenvalue weighted by atomic mass is 9.98. The van der Waals surface area contributed by atoms with Gasteiger partial charge >= 0.3 is 0 Å². The van der Waals surface area contributed by atoms with Crippen molar-refractivity contribution in [2.24, 2.45) is 16.8 Å². The highest BCUT2D eigenvalue weighted by molar-refractivity contribution is 14.0. The number of rotatable bonds is 7. The predicted octanol–water partition coefficient (Wildman–Crippen LogP) is 3.84. The molecule has 2 aliphatic heterocycles. The summed E-state index contributed by atoms with van der Waals surface area (Å²) in [5.74, 6) is 2.51. The van der Waals surface area contributed by atoms with Gasteiger partial charge in [0.1, 0.15) is 0 Å². The van der Waals surface area contributed by atoms with Crippen LogP contribution in [0.5, 0.6) is 0 Å². The highest BCUT2D eigenvalue weighted by atomic mass is 127. The number of benzene rings is 1. The molecule has 0 spiro atoms. The zero-order valence-electron chi connectivity index (χ0n) is 18.3. The number of guanidine groups is 1. The molecule has 1 aromatic rings. The van der Waals surface area contributed by atoms with Crippen molar-refractivity contribution in [2.75, 3.05) is 46.4 Å². The minimum absolute atomic E-state index is 0. The van der Waals surface area contributed by atoms with Crippen LogP contribution in [0.2, 0.25) is 0 Å². The summed E-state index contributed by atoms with van der Waals surface area (Å²) in [7, 11) is 1.90. The number of hydrogen-bond acceptors (Lipinski definition) is 3. The summed E-state index contributed by atoms with van der Waals surface area (Å²) < 4.78 is 5.96. The van der Waals surface area contributed by atoms with Crippen molar-refractivity contribution < 1.29 is 4.74 Å². The maximum atomic E-state index is 5.96. The summed E-state index contributed by atoms with van der Waals surface area (Å²) in [5, 5.41) is 3.62. The zero-order chi connectivity index (χ0) is 19.8. The summed E-state index contributed by atoms with van der Waals surface area (Å²) in [6.45, 7) is 11.8. The molecule has 2 fully saturated rings. The maximum absolute atomic E-state index is 5.96. The van der Waals surface area contributed by atoms with E-state index in [9.17, 15) is 0 Å². The fraction of sp³-hybridized carbons (Fsp3) is 0.696. The van der Waals surface area contributed by atoms with Crippen molar-refractivity contribution in [2.45, 2.75) is 45.8 Å². The fourth-order valence-electron chi connectivity index (χ4n) is 4.25. The van der Waals surface area contributed by atoms with Gasteiger partial charge in [-0.2, -0.15) is 0 Å². The quantitative estimate of drug-likeness (QED) is 0.341. The lowest BCUT2D eigenvalue weighted by Gasteiger charge is -2.35. The number of halogens is 1. The molecule has 6 heteroatoms. The van der Waals surface area contributed by atoms with Gasteiger partial charge in [0.05, 0.1) is 13.2 Å². The molecule has 0 aromatic heterocycles. The topological polar surface area (TPSA) is 40.1 Å². The van der Waals surface area contributed by atoms with E-state index in [1.54, 1.807) is 0 Å². The predicted molar refractivity (Wildman–Crippen MR) is 132 cm³/mol. The lowest BCUT2D eigenvalue weighted by Crippen LogP contribution is -2.48. The number of nitrogens with one attached hydrogen (secondary N) is 1. The van der Waals surface area contributed by atoms with Crippen molar-refractivity contribution in [3.63, 3.8) is 0 Å². The van der Waals surface area contributed by atoms with Crippen LogP contribution < -0.4 is 5.32 Å². The first-order valence-corrected chi connectivity index (χ1v) is 11.0. The van der Waals surface area contributed by atoms with E-state index in [-0.39, 0.29) is 24.0 Å². The van der Waals surface area contributed by atoms with Crippen molar-refractivity contribution >= 4 is 29.9 Å². The van der Waals surface area contributed by atoms with Gasteiger partial charge in [0.15, 0.2) is 5.96 Å². The van der Waals surface area contributed by atoms with E-state index in [0.29, 0.717) is 18.6 Å². The first-order chi connectivity index (χ1) is 13.7. The van der Waals surface area contributed by atoms with Crippen LogP contribution in [0.4, 0.5) is 0 Å². The average molecular weight is 514 g/mol. The standard InChI is InChI=1S/C23H38N4O.HI/c1-19-9-12-26(13-10-19)20(2)15-25-23(24-3)27-14-11-22(16-27)18-28-17-21-7-5-4-6-8-21;/h4-8,19-20,22H,9-18H2,1-3H3,(H,24,25);1H. The molecule has 2 atom stereocenters. The third-order valence-electron chi connectivity index (χ3n) is 6.26. The Labute approximate surface area is 194 Å². The molecule has 1 aromatic carbocycles. The van der Waals surface area contributed by atoms with Crippen LogP contribution in [-0.4, -0.2) is 68.2 Å². The molecule has 2 saturated heterocycles. The molecule has 164 valence electrons. The number of piperidine rings is 1. The lowest BCUT2D eigenvalue weighted by molar-refractivity contribution is 0.0906. The third-order valence-corrected chi connectivity index (χ3v) is 6.26. The number of hydrogen-bond donors (Lipinski definition) is 1. The van der Waals surface area contributed by atoms with E-state index in [2.05, 4.69) is 58.2 Å². The smallest absolute Gasteiger partial charge is 0.193 e. The molecule has 2 unspecified atom stereocenters. The van der Waals surface area contributed by atoms with Gasteiger partial charge in [-0.15, -0.1) is 24.0 Å². The Morgan fingerprint density at radius 1 is 1.17 bits per heavy atom. The van der Waals surface area contributed by atoms with E-state index in [1.165, 1.54) is 37.9 Å². The van der Waals surface area contributed by atoms with E-state index in [4.69, 9.17) is 4.74 Å². The highest BCUT2D eigenvalue weighted by Crippen LogP contribution is 2.19. The Hall–Kier alpha value is -0.860. The average Bonchev–Trinajstić information content (AvgIpc) is 3.18. The van der Waals surface area contributed by atoms with Crippen molar-refractivity contribution in [3.8, 4) is 0 Å². The minimum atomic E-state index is 0. The van der Waals surface area contributed by atoms with Gasteiger partial charge in [0.25, 0.3) is 0 Å². The molecule has 0 saturated carbocycles. The monoisotopic (exact) mass is 514 g/mol. The van der Waals surface area contributed by atoms with Crippen molar-refractivity contribution in [1.29, 1.82) is 0 Å². The normalized spacial score (nSPS) is 22.4. The summed E-state index contributed by atoms with van der Waals surface area (Å²) in [5.41, 5.74) is 1.25. The van der Waals surface area contributed by atoms with E-state index in [0.717, 1.165) is 38.1 Å². The Balaban J connectivity index is 0.00000300. The number of likely N-dealkylation sites (tertiary alicyclic amines) is 2. The van der Waals surface area contributed by atoms with E-state index in [1.807, 2.05) is 13.1 Å². The van der Waals surface area contributed by atoms with Crippen LogP contribution in [0.3, 0.4) is 0 Å². The number of aliphatic imine (C=N–C) groups is 1. The van der Waals surface area contributed by atoms with Crippen LogP contribution in [0, 0.1) is 11.8 Å². The van der Waals surface area contributed by atoms with E-state index >= 15 is 0 Å². The second-order valence-corrected chi connectivity index (χ2v) is 8.60. The number of nitrogens with zero attached hydrogens (tertiary/aromatic N) is 3.